The first-order valence-corrected chi connectivity index (χ1v) is 11.2. The summed E-state index contributed by atoms with van der Waals surface area (Å²) in [5.74, 6) is -10.6. The molecule has 6 nitrogen and oxygen atoms in total. The lowest BCUT2D eigenvalue weighted by Crippen LogP contribution is -2.43. The number of nitrogens with one attached hydrogen (secondary N) is 1. The molecular formula is C27H21F4NO5. The first kappa shape index (κ1) is 25.7. The number of rotatable bonds is 9. The molecule has 0 heterocycles. The average molecular weight is 515 g/mol. The van der Waals surface area contributed by atoms with Gasteiger partial charge in [-0.15, -0.1) is 0 Å². The molecule has 4 rings (SSSR count). The van der Waals surface area contributed by atoms with Gasteiger partial charge in [-0.05, 0) is 22.3 Å². The Bertz CT molecular complexity index is 1300. The minimum atomic E-state index is -1.95. The fourth-order valence-corrected chi connectivity index (χ4v) is 4.29. The van der Waals surface area contributed by atoms with E-state index in [1.54, 1.807) is 0 Å². The van der Waals surface area contributed by atoms with Crippen molar-refractivity contribution in [2.75, 3.05) is 13.2 Å². The Kier molecular flexibility index (Phi) is 7.47. The van der Waals surface area contributed by atoms with Crippen LogP contribution in [0.25, 0.3) is 11.1 Å². The number of carbonyl (C=O) groups is 2. The molecule has 0 radical (unpaired) electrons. The van der Waals surface area contributed by atoms with Gasteiger partial charge in [0.2, 0.25) is 11.6 Å². The molecule has 0 aromatic heterocycles. The van der Waals surface area contributed by atoms with Crippen LogP contribution in [0.1, 0.15) is 22.6 Å². The lowest BCUT2D eigenvalue weighted by Gasteiger charge is -2.18. The highest BCUT2D eigenvalue weighted by Crippen LogP contribution is 2.44. The van der Waals surface area contributed by atoms with Crippen molar-refractivity contribution in [3.05, 3.63) is 101 Å². The van der Waals surface area contributed by atoms with Crippen LogP contribution in [0.5, 0.6) is 5.75 Å². The van der Waals surface area contributed by atoms with Crippen molar-refractivity contribution >= 4 is 12.1 Å². The summed E-state index contributed by atoms with van der Waals surface area (Å²) in [6.45, 7) is 2.70. The zero-order valence-corrected chi connectivity index (χ0v) is 19.3. The van der Waals surface area contributed by atoms with Crippen molar-refractivity contribution in [1.29, 1.82) is 0 Å². The summed E-state index contributed by atoms with van der Waals surface area (Å²) in [6.07, 6.45) is -1.16. The number of halogens is 4. The van der Waals surface area contributed by atoms with Crippen LogP contribution in [0.2, 0.25) is 0 Å². The Morgan fingerprint density at radius 3 is 2.00 bits per heavy atom. The number of benzene rings is 3. The number of carboxylic acid groups (broad SMARTS) is 1. The van der Waals surface area contributed by atoms with E-state index in [9.17, 15) is 32.3 Å². The third kappa shape index (κ3) is 5.00. The normalized spacial score (nSPS) is 12.9. The Hall–Kier alpha value is -4.34. The number of carboxylic acids is 1. The summed E-state index contributed by atoms with van der Waals surface area (Å²) in [5, 5.41) is 11.5. The second kappa shape index (κ2) is 10.7. The van der Waals surface area contributed by atoms with Crippen molar-refractivity contribution in [1.82, 2.24) is 5.32 Å². The standard InChI is InChI=1S/C27H21F4NO5/c1-2-11-36-25-23(30)21(28)18(22(29)24(25)31)12-20(26(33)34)32-27(35)37-13-19-16-9-5-3-7-14(16)15-8-4-6-10-17(15)19/h2-10,19-20H,1,11-13H2,(H,32,35)(H,33,34)/t20-/m0/s1. The Labute approximate surface area is 209 Å². The van der Waals surface area contributed by atoms with Crippen molar-refractivity contribution in [3.8, 4) is 16.9 Å². The van der Waals surface area contributed by atoms with Crippen LogP contribution in [0.3, 0.4) is 0 Å². The summed E-state index contributed by atoms with van der Waals surface area (Å²) in [5.41, 5.74) is 2.59. The quantitative estimate of drug-likeness (QED) is 0.228. The van der Waals surface area contributed by atoms with E-state index in [1.807, 2.05) is 53.8 Å². The first-order chi connectivity index (χ1) is 17.7. The van der Waals surface area contributed by atoms with Crippen LogP contribution >= 0.6 is 0 Å². The predicted octanol–water partition coefficient (Wildman–Crippen LogP) is 5.34. The van der Waals surface area contributed by atoms with E-state index >= 15 is 0 Å². The zero-order chi connectivity index (χ0) is 26.7. The smallest absolute Gasteiger partial charge is 0.407 e. The van der Waals surface area contributed by atoms with Gasteiger partial charge in [0.1, 0.15) is 19.3 Å². The van der Waals surface area contributed by atoms with Gasteiger partial charge in [-0.3, -0.25) is 0 Å². The molecule has 2 N–H and O–H groups in total. The molecule has 0 fully saturated rings. The van der Waals surface area contributed by atoms with Crippen molar-refractivity contribution in [2.24, 2.45) is 0 Å². The van der Waals surface area contributed by atoms with Gasteiger partial charge in [-0.1, -0.05) is 61.2 Å². The number of carbonyl (C=O) groups excluding carboxylic acids is 1. The number of ether oxygens (including phenoxy) is 2. The van der Waals surface area contributed by atoms with Gasteiger partial charge in [0, 0.05) is 17.9 Å². The fourth-order valence-electron chi connectivity index (χ4n) is 4.29. The molecule has 0 saturated carbocycles. The van der Waals surface area contributed by atoms with Gasteiger partial charge >= 0.3 is 12.1 Å². The third-order valence-electron chi connectivity index (χ3n) is 6.00. The molecule has 3 aromatic carbocycles. The van der Waals surface area contributed by atoms with E-state index in [-0.39, 0.29) is 12.5 Å². The SMILES string of the molecule is C=CCOc1c(F)c(F)c(C[C@H](NC(=O)OCC2c3ccccc3-c3ccccc32)C(=O)O)c(F)c1F. The van der Waals surface area contributed by atoms with Gasteiger partial charge in [0.05, 0.1) is 0 Å². The van der Waals surface area contributed by atoms with Gasteiger partial charge < -0.3 is 19.9 Å². The van der Waals surface area contributed by atoms with E-state index in [0.29, 0.717) is 0 Å². The van der Waals surface area contributed by atoms with Crippen molar-refractivity contribution < 1.29 is 41.7 Å². The highest BCUT2D eigenvalue weighted by molar-refractivity contribution is 5.81. The molecule has 1 amide bonds. The number of hydrogen-bond acceptors (Lipinski definition) is 4. The van der Waals surface area contributed by atoms with Gasteiger partial charge in [-0.2, -0.15) is 8.78 Å². The maximum absolute atomic E-state index is 14.5. The number of alkyl carbamates (subject to hydrolysis) is 1. The maximum Gasteiger partial charge on any atom is 0.407 e. The summed E-state index contributed by atoms with van der Waals surface area (Å²) in [7, 11) is 0. The van der Waals surface area contributed by atoms with Gasteiger partial charge in [0.15, 0.2) is 17.4 Å². The molecular weight excluding hydrogens is 494 g/mol. The van der Waals surface area contributed by atoms with E-state index in [4.69, 9.17) is 4.74 Å². The van der Waals surface area contributed by atoms with E-state index in [2.05, 4.69) is 11.3 Å². The number of amides is 1. The van der Waals surface area contributed by atoms with Crippen molar-refractivity contribution in [2.45, 2.75) is 18.4 Å². The summed E-state index contributed by atoms with van der Waals surface area (Å²) >= 11 is 0. The monoisotopic (exact) mass is 515 g/mol. The largest absolute Gasteiger partial charge is 0.483 e. The topological polar surface area (TPSA) is 84.9 Å². The molecule has 0 aliphatic heterocycles. The van der Waals surface area contributed by atoms with E-state index < -0.39 is 65.7 Å². The van der Waals surface area contributed by atoms with Gasteiger partial charge in [0.25, 0.3) is 0 Å². The molecule has 0 saturated heterocycles. The molecule has 0 unspecified atom stereocenters. The molecule has 1 aliphatic rings. The van der Waals surface area contributed by atoms with Crippen LogP contribution in [0.15, 0.2) is 61.2 Å². The molecule has 3 aromatic rings. The fraction of sp³-hybridized carbons (Fsp3) is 0.185. The molecule has 37 heavy (non-hydrogen) atoms. The third-order valence-corrected chi connectivity index (χ3v) is 6.00. The van der Waals surface area contributed by atoms with E-state index in [0.717, 1.165) is 28.3 Å². The molecule has 1 atom stereocenters. The van der Waals surface area contributed by atoms with Gasteiger partial charge in [-0.25, -0.2) is 18.4 Å². The van der Waals surface area contributed by atoms with Crippen molar-refractivity contribution in [3.63, 3.8) is 0 Å². The summed E-state index contributed by atoms with van der Waals surface area (Å²) in [4.78, 5) is 24.1. The maximum atomic E-state index is 14.5. The number of fused-ring (bicyclic) bond motifs is 3. The summed E-state index contributed by atoms with van der Waals surface area (Å²) < 4.78 is 67.4. The Morgan fingerprint density at radius 2 is 1.49 bits per heavy atom. The molecule has 10 heteroatoms. The molecule has 1 aliphatic carbocycles. The first-order valence-electron chi connectivity index (χ1n) is 11.2. The Morgan fingerprint density at radius 1 is 0.946 bits per heavy atom. The van der Waals surface area contributed by atoms with Crippen LogP contribution in [-0.4, -0.2) is 36.4 Å². The highest BCUT2D eigenvalue weighted by Gasteiger charge is 2.32. The molecule has 0 bridgehead atoms. The second-order valence-electron chi connectivity index (χ2n) is 8.23. The highest BCUT2D eigenvalue weighted by atomic mass is 19.2. The Balaban J connectivity index is 1.49. The lowest BCUT2D eigenvalue weighted by molar-refractivity contribution is -0.139. The number of hydrogen-bond donors (Lipinski definition) is 2. The predicted molar refractivity (Wildman–Crippen MR) is 125 cm³/mol. The number of aliphatic carboxylic acids is 1. The zero-order valence-electron chi connectivity index (χ0n) is 19.3. The van der Waals surface area contributed by atoms with Crippen LogP contribution < -0.4 is 10.1 Å². The minimum absolute atomic E-state index is 0.145. The second-order valence-corrected chi connectivity index (χ2v) is 8.23. The molecule has 192 valence electrons. The van der Waals surface area contributed by atoms with Crippen LogP contribution in [0, 0.1) is 23.3 Å². The van der Waals surface area contributed by atoms with E-state index in [1.165, 1.54) is 0 Å². The van der Waals surface area contributed by atoms with Crippen LogP contribution in [0.4, 0.5) is 22.4 Å². The van der Waals surface area contributed by atoms with Crippen LogP contribution in [-0.2, 0) is 16.0 Å². The lowest BCUT2D eigenvalue weighted by atomic mass is 9.98. The summed E-state index contributed by atoms with van der Waals surface area (Å²) in [6, 6.07) is 13.1. The molecule has 0 spiro atoms. The minimum Gasteiger partial charge on any atom is -0.483 e. The average Bonchev–Trinajstić information content (AvgIpc) is 3.21.